The quantitative estimate of drug-likeness (QED) is 0.864. The second-order valence-corrected chi connectivity index (χ2v) is 5.45. The maximum atomic E-state index is 12.3. The number of ether oxygens (including phenoxy) is 2. The first-order chi connectivity index (χ1) is 10.5. The predicted molar refractivity (Wildman–Crippen MR) is 78.9 cm³/mol. The zero-order valence-corrected chi connectivity index (χ0v) is 13.2. The van der Waals surface area contributed by atoms with E-state index in [1.807, 2.05) is 0 Å². The van der Waals surface area contributed by atoms with Crippen molar-refractivity contribution >= 4 is 17.7 Å². The van der Waals surface area contributed by atoms with E-state index in [9.17, 15) is 14.4 Å². The van der Waals surface area contributed by atoms with E-state index in [0.29, 0.717) is 29.7 Å². The highest BCUT2D eigenvalue weighted by molar-refractivity contribution is 5.99. The number of carbonyl (C=O) groups excluding carboxylic acids is 3. The van der Waals surface area contributed by atoms with Crippen LogP contribution in [0.25, 0.3) is 0 Å². The summed E-state index contributed by atoms with van der Waals surface area (Å²) in [6, 6.07) is 0. The van der Waals surface area contributed by atoms with E-state index in [-0.39, 0.29) is 18.1 Å². The number of carbonyl (C=O) groups is 3. The Hall–Kier alpha value is -2.11. The molecule has 0 spiro atoms. The van der Waals surface area contributed by atoms with Gasteiger partial charge in [0.15, 0.2) is 11.9 Å². The zero-order valence-electron chi connectivity index (χ0n) is 13.2. The number of Topliss-reactive ketones (excluding diaryl/α,β-unsaturated/α-hetero) is 1. The molecule has 6 heteroatoms. The fourth-order valence-corrected chi connectivity index (χ4v) is 2.73. The molecule has 1 N–H and O–H groups in total. The molecule has 0 amide bonds. The molecule has 1 aliphatic rings. The van der Waals surface area contributed by atoms with Crippen LogP contribution in [0, 0.1) is 13.8 Å². The zero-order chi connectivity index (χ0) is 16.3. The highest BCUT2D eigenvalue weighted by atomic mass is 16.5. The summed E-state index contributed by atoms with van der Waals surface area (Å²) in [4.78, 5) is 38.8. The van der Waals surface area contributed by atoms with Crippen LogP contribution in [0.2, 0.25) is 0 Å². The first kappa shape index (κ1) is 16.3. The van der Waals surface area contributed by atoms with E-state index < -0.39 is 18.0 Å². The number of esters is 2. The number of hydrogen-bond acceptors (Lipinski definition) is 5. The minimum Gasteiger partial charge on any atom is -0.461 e. The largest absolute Gasteiger partial charge is 0.461 e. The Kier molecular flexibility index (Phi) is 5.00. The van der Waals surface area contributed by atoms with Crippen molar-refractivity contribution in [2.45, 2.75) is 52.6 Å². The summed E-state index contributed by atoms with van der Waals surface area (Å²) in [7, 11) is 0. The smallest absolute Gasteiger partial charge is 0.355 e. The summed E-state index contributed by atoms with van der Waals surface area (Å²) in [5.74, 6) is -1.10. The number of H-pyrrole nitrogens is 1. The van der Waals surface area contributed by atoms with Crippen molar-refractivity contribution < 1.29 is 23.9 Å². The van der Waals surface area contributed by atoms with E-state index in [1.54, 1.807) is 20.8 Å². The van der Waals surface area contributed by atoms with E-state index in [1.165, 1.54) is 0 Å². The maximum absolute atomic E-state index is 12.3. The highest BCUT2D eigenvalue weighted by Gasteiger charge is 2.29. The SMILES string of the molecule is CCOC(=O)c1[nH]c(C)c(C(=O)O[C@H]2CCCCC2=O)c1C. The van der Waals surface area contributed by atoms with Gasteiger partial charge in [0.05, 0.1) is 12.2 Å². The Morgan fingerprint density at radius 1 is 1.23 bits per heavy atom. The van der Waals surface area contributed by atoms with Gasteiger partial charge in [-0.3, -0.25) is 4.79 Å². The number of aromatic amines is 1. The van der Waals surface area contributed by atoms with Gasteiger partial charge in [0, 0.05) is 12.1 Å². The van der Waals surface area contributed by atoms with Crippen LogP contribution in [0.5, 0.6) is 0 Å². The normalized spacial score (nSPS) is 18.1. The molecular weight excluding hydrogens is 286 g/mol. The molecule has 0 bridgehead atoms. The van der Waals surface area contributed by atoms with Gasteiger partial charge < -0.3 is 14.5 Å². The van der Waals surface area contributed by atoms with Gasteiger partial charge in [0.1, 0.15) is 5.69 Å². The Bertz CT molecular complexity index is 602. The molecule has 0 aromatic carbocycles. The number of hydrogen-bond donors (Lipinski definition) is 1. The van der Waals surface area contributed by atoms with Crippen molar-refractivity contribution in [2.75, 3.05) is 6.61 Å². The van der Waals surface area contributed by atoms with Crippen LogP contribution in [0.3, 0.4) is 0 Å². The third kappa shape index (κ3) is 3.21. The van der Waals surface area contributed by atoms with Gasteiger partial charge in [-0.2, -0.15) is 0 Å². The van der Waals surface area contributed by atoms with Crippen LogP contribution in [-0.2, 0) is 14.3 Å². The van der Waals surface area contributed by atoms with E-state index in [0.717, 1.165) is 12.8 Å². The van der Waals surface area contributed by atoms with Crippen LogP contribution < -0.4 is 0 Å². The highest BCUT2D eigenvalue weighted by Crippen LogP contribution is 2.23. The van der Waals surface area contributed by atoms with Crippen molar-refractivity contribution in [3.05, 3.63) is 22.5 Å². The molecule has 1 atom stereocenters. The Morgan fingerprint density at radius 2 is 1.95 bits per heavy atom. The molecule has 2 rings (SSSR count). The summed E-state index contributed by atoms with van der Waals surface area (Å²) >= 11 is 0. The van der Waals surface area contributed by atoms with Crippen molar-refractivity contribution in [3.8, 4) is 0 Å². The molecular formula is C16H21NO5. The lowest BCUT2D eigenvalue weighted by Crippen LogP contribution is -2.30. The number of ketones is 1. The molecule has 1 aliphatic carbocycles. The standard InChI is InChI=1S/C16H21NO5/c1-4-21-16(20)14-9(2)13(10(3)17-14)15(19)22-12-8-6-5-7-11(12)18/h12,17H,4-8H2,1-3H3/t12-/m0/s1. The average Bonchev–Trinajstić information content (AvgIpc) is 2.77. The van der Waals surface area contributed by atoms with Crippen LogP contribution >= 0.6 is 0 Å². The van der Waals surface area contributed by atoms with Gasteiger partial charge in [-0.15, -0.1) is 0 Å². The van der Waals surface area contributed by atoms with Crippen LogP contribution in [-0.4, -0.2) is 35.4 Å². The van der Waals surface area contributed by atoms with Gasteiger partial charge in [0.2, 0.25) is 0 Å². The molecule has 1 aromatic rings. The van der Waals surface area contributed by atoms with E-state index in [4.69, 9.17) is 9.47 Å². The first-order valence-corrected chi connectivity index (χ1v) is 7.55. The number of aryl methyl sites for hydroxylation is 1. The van der Waals surface area contributed by atoms with Gasteiger partial charge >= 0.3 is 11.9 Å². The monoisotopic (exact) mass is 307 g/mol. The molecule has 1 saturated carbocycles. The van der Waals surface area contributed by atoms with Crippen molar-refractivity contribution in [3.63, 3.8) is 0 Å². The average molecular weight is 307 g/mol. The lowest BCUT2D eigenvalue weighted by atomic mass is 9.96. The van der Waals surface area contributed by atoms with Crippen molar-refractivity contribution in [1.82, 2.24) is 4.98 Å². The molecule has 0 unspecified atom stereocenters. The molecule has 0 saturated heterocycles. The summed E-state index contributed by atoms with van der Waals surface area (Å²) in [5, 5.41) is 0. The summed E-state index contributed by atoms with van der Waals surface area (Å²) in [6.45, 7) is 5.32. The van der Waals surface area contributed by atoms with Crippen molar-refractivity contribution in [1.29, 1.82) is 0 Å². The lowest BCUT2D eigenvalue weighted by molar-refractivity contribution is -0.129. The fourth-order valence-electron chi connectivity index (χ4n) is 2.73. The van der Waals surface area contributed by atoms with Crippen LogP contribution in [0.1, 0.15) is 64.7 Å². The van der Waals surface area contributed by atoms with Crippen LogP contribution in [0.4, 0.5) is 0 Å². The topological polar surface area (TPSA) is 85.5 Å². The van der Waals surface area contributed by atoms with Crippen molar-refractivity contribution in [2.24, 2.45) is 0 Å². The molecule has 0 aliphatic heterocycles. The third-order valence-electron chi connectivity index (χ3n) is 3.87. The molecule has 1 aromatic heterocycles. The van der Waals surface area contributed by atoms with E-state index >= 15 is 0 Å². The summed E-state index contributed by atoms with van der Waals surface area (Å²) < 4.78 is 10.3. The summed E-state index contributed by atoms with van der Waals surface area (Å²) in [6.07, 6.45) is 2.08. The van der Waals surface area contributed by atoms with Crippen LogP contribution in [0.15, 0.2) is 0 Å². The summed E-state index contributed by atoms with van der Waals surface area (Å²) in [5.41, 5.74) is 1.58. The minimum absolute atomic E-state index is 0.0314. The second kappa shape index (κ2) is 6.77. The number of nitrogens with one attached hydrogen (secondary N) is 1. The lowest BCUT2D eigenvalue weighted by Gasteiger charge is -2.20. The van der Waals surface area contributed by atoms with E-state index in [2.05, 4.69) is 4.98 Å². The van der Waals surface area contributed by atoms with Gasteiger partial charge in [-0.1, -0.05) is 0 Å². The number of aromatic nitrogens is 1. The van der Waals surface area contributed by atoms with Gasteiger partial charge in [-0.25, -0.2) is 9.59 Å². The predicted octanol–water partition coefficient (Wildman–Crippen LogP) is 2.48. The van der Waals surface area contributed by atoms with Gasteiger partial charge in [0.25, 0.3) is 0 Å². The molecule has 1 fully saturated rings. The molecule has 0 radical (unpaired) electrons. The molecule has 120 valence electrons. The maximum Gasteiger partial charge on any atom is 0.355 e. The molecule has 22 heavy (non-hydrogen) atoms. The Morgan fingerprint density at radius 3 is 2.59 bits per heavy atom. The Balaban J connectivity index is 2.19. The Labute approximate surface area is 129 Å². The molecule has 6 nitrogen and oxygen atoms in total. The first-order valence-electron chi connectivity index (χ1n) is 7.55. The van der Waals surface area contributed by atoms with Gasteiger partial charge in [-0.05, 0) is 45.6 Å². The second-order valence-electron chi connectivity index (χ2n) is 5.45. The minimum atomic E-state index is -0.666. The third-order valence-corrected chi connectivity index (χ3v) is 3.87. The molecule has 1 heterocycles. The number of rotatable bonds is 4. The fraction of sp³-hybridized carbons (Fsp3) is 0.562.